The van der Waals surface area contributed by atoms with Crippen molar-refractivity contribution in [3.63, 3.8) is 0 Å². The van der Waals surface area contributed by atoms with Crippen molar-refractivity contribution in [3.05, 3.63) is 22.2 Å². The number of methoxy groups -OCH3 is 2. The normalized spacial score (nSPS) is 15.8. The number of halogens is 1. The van der Waals surface area contributed by atoms with Crippen LogP contribution in [0, 0.1) is 0 Å². The maximum absolute atomic E-state index is 12.4. The van der Waals surface area contributed by atoms with E-state index in [1.165, 1.54) is 7.11 Å². The number of piperidine rings is 1. The molecule has 2 N–H and O–H groups in total. The molecule has 0 bridgehead atoms. The predicted octanol–water partition coefficient (Wildman–Crippen LogP) is 1.95. The summed E-state index contributed by atoms with van der Waals surface area (Å²) in [5.41, 5.74) is 0.484. The number of nitrogens with one attached hydrogen (secondary N) is 2. The molecule has 110 valence electrons. The molecule has 5 nitrogen and oxygen atoms in total. The number of rotatable bonds is 4. The van der Waals surface area contributed by atoms with Crippen molar-refractivity contribution in [1.29, 1.82) is 0 Å². The van der Waals surface area contributed by atoms with Gasteiger partial charge in [0.2, 0.25) is 0 Å². The molecule has 2 rings (SSSR count). The predicted molar refractivity (Wildman–Crippen MR) is 80.6 cm³/mol. The van der Waals surface area contributed by atoms with Gasteiger partial charge in [-0.25, -0.2) is 0 Å². The first-order valence-corrected chi connectivity index (χ1v) is 7.38. The quantitative estimate of drug-likeness (QED) is 0.877. The van der Waals surface area contributed by atoms with Crippen molar-refractivity contribution < 1.29 is 14.3 Å². The van der Waals surface area contributed by atoms with E-state index in [0.717, 1.165) is 30.4 Å². The molecule has 1 aromatic rings. The molecule has 20 heavy (non-hydrogen) atoms. The first-order chi connectivity index (χ1) is 9.65. The number of amides is 1. The Bertz CT molecular complexity index is 488. The van der Waals surface area contributed by atoms with Gasteiger partial charge < -0.3 is 20.1 Å². The Labute approximate surface area is 127 Å². The Balaban J connectivity index is 2.21. The highest BCUT2D eigenvalue weighted by Gasteiger charge is 2.21. The first kappa shape index (κ1) is 15.1. The summed E-state index contributed by atoms with van der Waals surface area (Å²) in [4.78, 5) is 12.4. The van der Waals surface area contributed by atoms with Crippen molar-refractivity contribution in [1.82, 2.24) is 10.6 Å². The zero-order valence-corrected chi connectivity index (χ0v) is 13.2. The minimum Gasteiger partial charge on any atom is -0.493 e. The van der Waals surface area contributed by atoms with Gasteiger partial charge in [-0.2, -0.15) is 0 Å². The fraction of sp³-hybridized carbons (Fsp3) is 0.500. The molecule has 1 amide bonds. The van der Waals surface area contributed by atoms with E-state index in [2.05, 4.69) is 26.6 Å². The minimum absolute atomic E-state index is 0.131. The number of ether oxygens (including phenoxy) is 2. The number of hydrogen-bond acceptors (Lipinski definition) is 4. The van der Waals surface area contributed by atoms with Gasteiger partial charge in [0.15, 0.2) is 11.5 Å². The van der Waals surface area contributed by atoms with Crippen molar-refractivity contribution in [3.8, 4) is 11.5 Å². The van der Waals surface area contributed by atoms with Crippen molar-refractivity contribution >= 4 is 21.8 Å². The van der Waals surface area contributed by atoms with Gasteiger partial charge in [-0.05, 0) is 38.1 Å². The Morgan fingerprint density at radius 2 is 2.00 bits per heavy atom. The number of carbonyl (C=O) groups excluding carboxylic acids is 1. The van der Waals surface area contributed by atoms with E-state index in [9.17, 15) is 4.79 Å². The number of carbonyl (C=O) groups is 1. The number of benzene rings is 1. The third kappa shape index (κ3) is 3.43. The lowest BCUT2D eigenvalue weighted by Gasteiger charge is -2.24. The number of hydrogen-bond donors (Lipinski definition) is 2. The van der Waals surface area contributed by atoms with Crippen LogP contribution in [0.15, 0.2) is 16.6 Å². The summed E-state index contributed by atoms with van der Waals surface area (Å²) in [6, 6.07) is 3.73. The minimum atomic E-state index is -0.131. The molecule has 1 saturated heterocycles. The van der Waals surface area contributed by atoms with Crippen molar-refractivity contribution in [2.75, 3.05) is 27.3 Å². The van der Waals surface area contributed by atoms with Crippen LogP contribution in [-0.2, 0) is 0 Å². The zero-order valence-electron chi connectivity index (χ0n) is 11.7. The van der Waals surface area contributed by atoms with E-state index in [1.807, 2.05) is 0 Å². The molecule has 1 aliphatic heterocycles. The fourth-order valence-corrected chi connectivity index (χ4v) is 2.77. The van der Waals surface area contributed by atoms with Crippen LogP contribution >= 0.6 is 15.9 Å². The smallest absolute Gasteiger partial charge is 0.255 e. The zero-order chi connectivity index (χ0) is 14.5. The van der Waals surface area contributed by atoms with Crippen LogP contribution in [0.5, 0.6) is 11.5 Å². The maximum Gasteiger partial charge on any atom is 0.255 e. The summed E-state index contributed by atoms with van der Waals surface area (Å²) in [6.45, 7) is 1.87. The topological polar surface area (TPSA) is 59.6 Å². The lowest BCUT2D eigenvalue weighted by Crippen LogP contribution is -2.42. The van der Waals surface area contributed by atoms with Crippen LogP contribution in [0.1, 0.15) is 23.2 Å². The molecule has 0 spiro atoms. The Kier molecular flexibility index (Phi) is 5.25. The maximum atomic E-state index is 12.4. The Hall–Kier alpha value is -1.27. The fourth-order valence-electron chi connectivity index (χ4n) is 2.33. The average Bonchev–Trinajstić information content (AvgIpc) is 2.47. The van der Waals surface area contributed by atoms with E-state index in [4.69, 9.17) is 9.47 Å². The SMILES string of the molecule is COc1cc(Br)cc(C(=O)NC2CCNCC2)c1OC. The molecular weight excluding hydrogens is 324 g/mol. The van der Waals surface area contributed by atoms with Gasteiger partial charge >= 0.3 is 0 Å². The van der Waals surface area contributed by atoms with E-state index in [1.54, 1.807) is 19.2 Å². The average molecular weight is 343 g/mol. The van der Waals surface area contributed by atoms with E-state index in [-0.39, 0.29) is 11.9 Å². The second kappa shape index (κ2) is 6.95. The largest absolute Gasteiger partial charge is 0.493 e. The van der Waals surface area contributed by atoms with Crippen molar-refractivity contribution in [2.45, 2.75) is 18.9 Å². The summed E-state index contributed by atoms with van der Waals surface area (Å²) in [5, 5.41) is 6.33. The van der Waals surface area contributed by atoms with Gasteiger partial charge in [-0.15, -0.1) is 0 Å². The van der Waals surface area contributed by atoms with Crippen LogP contribution in [0.3, 0.4) is 0 Å². The van der Waals surface area contributed by atoms with Gasteiger partial charge in [0, 0.05) is 10.5 Å². The van der Waals surface area contributed by atoms with Gasteiger partial charge in [0.25, 0.3) is 5.91 Å². The lowest BCUT2D eigenvalue weighted by molar-refractivity contribution is 0.0925. The molecule has 1 aromatic carbocycles. The monoisotopic (exact) mass is 342 g/mol. The Morgan fingerprint density at radius 1 is 1.30 bits per heavy atom. The van der Waals surface area contributed by atoms with Crippen LogP contribution in [-0.4, -0.2) is 39.3 Å². The molecule has 6 heteroatoms. The molecule has 1 fully saturated rings. The standard InChI is InChI=1S/C14H19BrN2O3/c1-19-12-8-9(15)7-11(13(12)20-2)14(18)17-10-3-5-16-6-4-10/h7-8,10,16H,3-6H2,1-2H3,(H,17,18). The van der Waals surface area contributed by atoms with Crippen molar-refractivity contribution in [2.24, 2.45) is 0 Å². The molecule has 0 saturated carbocycles. The molecule has 0 aliphatic carbocycles. The molecule has 0 atom stereocenters. The second-order valence-corrected chi connectivity index (χ2v) is 5.60. The highest BCUT2D eigenvalue weighted by atomic mass is 79.9. The molecule has 0 aromatic heterocycles. The molecule has 1 heterocycles. The summed E-state index contributed by atoms with van der Waals surface area (Å²) < 4.78 is 11.3. The molecule has 0 radical (unpaired) electrons. The van der Waals surface area contributed by atoms with E-state index < -0.39 is 0 Å². The summed E-state index contributed by atoms with van der Waals surface area (Å²) in [6.07, 6.45) is 1.89. The van der Waals surface area contributed by atoms with Crippen LogP contribution in [0.4, 0.5) is 0 Å². The summed E-state index contributed by atoms with van der Waals surface area (Å²) in [5.74, 6) is 0.868. The highest BCUT2D eigenvalue weighted by molar-refractivity contribution is 9.10. The van der Waals surface area contributed by atoms with E-state index in [0.29, 0.717) is 17.1 Å². The third-order valence-corrected chi connectivity index (χ3v) is 3.82. The third-order valence-electron chi connectivity index (χ3n) is 3.36. The molecule has 1 aliphatic rings. The lowest BCUT2D eigenvalue weighted by atomic mass is 10.1. The first-order valence-electron chi connectivity index (χ1n) is 6.58. The van der Waals surface area contributed by atoms with Gasteiger partial charge in [0.05, 0.1) is 19.8 Å². The highest BCUT2D eigenvalue weighted by Crippen LogP contribution is 2.34. The van der Waals surface area contributed by atoms with Gasteiger partial charge in [-0.3, -0.25) is 4.79 Å². The summed E-state index contributed by atoms with van der Waals surface area (Å²) in [7, 11) is 3.09. The van der Waals surface area contributed by atoms with Gasteiger partial charge in [-0.1, -0.05) is 15.9 Å². The van der Waals surface area contributed by atoms with E-state index >= 15 is 0 Å². The van der Waals surface area contributed by atoms with Crippen LogP contribution in [0.2, 0.25) is 0 Å². The van der Waals surface area contributed by atoms with Crippen LogP contribution < -0.4 is 20.1 Å². The molecule has 0 unspecified atom stereocenters. The molecular formula is C14H19BrN2O3. The second-order valence-electron chi connectivity index (χ2n) is 4.69. The summed E-state index contributed by atoms with van der Waals surface area (Å²) >= 11 is 3.39. The van der Waals surface area contributed by atoms with Crippen LogP contribution in [0.25, 0.3) is 0 Å². The van der Waals surface area contributed by atoms with Gasteiger partial charge in [0.1, 0.15) is 0 Å². The Morgan fingerprint density at radius 3 is 2.60 bits per heavy atom.